The van der Waals surface area contributed by atoms with Crippen LogP contribution in [0, 0.1) is 0 Å². The number of hydrogen-bond donors (Lipinski definition) is 0. The molecule has 72 valence electrons. The van der Waals surface area contributed by atoms with Gasteiger partial charge in [-0.15, -0.1) is 5.10 Å². The molecule has 0 N–H and O–H groups in total. The number of esters is 1. The van der Waals surface area contributed by atoms with Gasteiger partial charge in [-0.05, 0) is 6.26 Å². The fourth-order valence-corrected chi connectivity index (χ4v) is 1.14. The third-order valence-electron chi connectivity index (χ3n) is 1.43. The maximum atomic E-state index is 10.9. The fraction of sp³-hybridized carbons (Fsp3) is 0.571. The second kappa shape index (κ2) is 4.86. The molecule has 13 heavy (non-hydrogen) atoms. The Morgan fingerprint density at radius 1 is 1.77 bits per heavy atom. The Labute approximate surface area is 80.5 Å². The first-order valence-corrected chi connectivity index (χ1v) is 5.14. The van der Waals surface area contributed by atoms with Crippen molar-refractivity contribution in [1.29, 1.82) is 0 Å². The summed E-state index contributed by atoms with van der Waals surface area (Å²) in [6, 6.07) is 0. The van der Waals surface area contributed by atoms with E-state index in [1.807, 2.05) is 6.26 Å². The minimum atomic E-state index is -0.497. The zero-order valence-corrected chi connectivity index (χ0v) is 8.37. The molecule has 6 heteroatoms. The van der Waals surface area contributed by atoms with E-state index in [4.69, 9.17) is 0 Å². The first-order valence-electron chi connectivity index (χ1n) is 3.74. The molecule has 0 unspecified atom stereocenters. The second-order valence-electron chi connectivity index (χ2n) is 2.32. The van der Waals surface area contributed by atoms with Crippen LogP contribution in [0.15, 0.2) is 6.33 Å². The van der Waals surface area contributed by atoms with Gasteiger partial charge in [0.25, 0.3) is 5.82 Å². The Hall–Kier alpha value is -1.04. The lowest BCUT2D eigenvalue weighted by Gasteiger charge is -1.95. The molecule has 0 fully saturated rings. The van der Waals surface area contributed by atoms with Gasteiger partial charge in [0.2, 0.25) is 0 Å². The minimum absolute atomic E-state index is 0.114. The van der Waals surface area contributed by atoms with Gasteiger partial charge in [-0.1, -0.05) is 0 Å². The second-order valence-corrected chi connectivity index (χ2v) is 3.30. The molecule has 5 nitrogen and oxygen atoms in total. The van der Waals surface area contributed by atoms with Crippen LogP contribution < -0.4 is 0 Å². The van der Waals surface area contributed by atoms with Crippen molar-refractivity contribution in [3.05, 3.63) is 12.2 Å². The third kappa shape index (κ3) is 2.73. The van der Waals surface area contributed by atoms with Crippen molar-refractivity contribution in [1.82, 2.24) is 14.8 Å². The number of ether oxygens (including phenoxy) is 1. The predicted octanol–water partition coefficient (Wildman–Crippen LogP) is 0.428. The monoisotopic (exact) mass is 201 g/mol. The molecule has 0 atom stereocenters. The molecule has 0 amide bonds. The van der Waals surface area contributed by atoms with Crippen molar-refractivity contribution in [2.24, 2.45) is 0 Å². The highest BCUT2D eigenvalue weighted by atomic mass is 32.2. The van der Waals surface area contributed by atoms with Crippen LogP contribution in [-0.4, -0.2) is 39.9 Å². The number of hydrogen-bond acceptors (Lipinski definition) is 5. The van der Waals surface area contributed by atoms with Crippen molar-refractivity contribution < 1.29 is 9.53 Å². The van der Waals surface area contributed by atoms with Gasteiger partial charge in [-0.2, -0.15) is 11.8 Å². The van der Waals surface area contributed by atoms with E-state index < -0.39 is 5.97 Å². The Bertz CT molecular complexity index is 287. The molecule has 1 rings (SSSR count). The van der Waals surface area contributed by atoms with Gasteiger partial charge in [0.1, 0.15) is 6.33 Å². The quantitative estimate of drug-likeness (QED) is 0.661. The molecule has 1 aromatic heterocycles. The molecule has 0 saturated carbocycles. The molecule has 0 saturated heterocycles. The van der Waals surface area contributed by atoms with Crippen molar-refractivity contribution in [2.75, 3.05) is 19.1 Å². The molecular weight excluding hydrogens is 190 g/mol. The topological polar surface area (TPSA) is 57.0 Å². The van der Waals surface area contributed by atoms with Crippen LogP contribution in [0.5, 0.6) is 0 Å². The van der Waals surface area contributed by atoms with E-state index in [-0.39, 0.29) is 5.82 Å². The molecule has 1 heterocycles. The molecule has 0 spiro atoms. The predicted molar refractivity (Wildman–Crippen MR) is 49.7 cm³/mol. The van der Waals surface area contributed by atoms with Gasteiger partial charge in [0.15, 0.2) is 0 Å². The Kier molecular flexibility index (Phi) is 3.75. The Morgan fingerprint density at radius 3 is 3.15 bits per heavy atom. The molecule has 0 aliphatic rings. The van der Waals surface area contributed by atoms with E-state index in [2.05, 4.69) is 14.8 Å². The van der Waals surface area contributed by atoms with E-state index in [1.165, 1.54) is 13.4 Å². The highest BCUT2D eigenvalue weighted by molar-refractivity contribution is 7.98. The SMILES string of the molecule is COC(=O)c1ncn(CCSC)n1. The minimum Gasteiger partial charge on any atom is -0.463 e. The Balaban J connectivity index is 2.58. The average molecular weight is 201 g/mol. The van der Waals surface area contributed by atoms with Crippen molar-refractivity contribution >= 4 is 17.7 Å². The van der Waals surface area contributed by atoms with Crippen LogP contribution in [0.4, 0.5) is 0 Å². The normalized spacial score (nSPS) is 10.0. The Morgan fingerprint density at radius 2 is 2.54 bits per heavy atom. The summed E-state index contributed by atoms with van der Waals surface area (Å²) in [5, 5.41) is 3.94. The number of aromatic nitrogens is 3. The van der Waals surface area contributed by atoms with Gasteiger partial charge in [-0.25, -0.2) is 9.78 Å². The molecule has 0 aliphatic carbocycles. The average Bonchev–Trinajstić information content (AvgIpc) is 2.62. The lowest BCUT2D eigenvalue weighted by molar-refractivity contribution is 0.0586. The number of nitrogens with zero attached hydrogens (tertiary/aromatic N) is 3. The van der Waals surface area contributed by atoms with Crippen LogP contribution in [0.25, 0.3) is 0 Å². The third-order valence-corrected chi connectivity index (χ3v) is 2.02. The number of thioether (sulfide) groups is 1. The molecule has 0 radical (unpaired) electrons. The van der Waals surface area contributed by atoms with E-state index in [0.717, 1.165) is 12.3 Å². The number of carbonyl (C=O) groups excluding carboxylic acids is 1. The zero-order chi connectivity index (χ0) is 9.68. The van der Waals surface area contributed by atoms with Gasteiger partial charge in [0, 0.05) is 5.75 Å². The molecule has 0 bridgehead atoms. The first kappa shape index (κ1) is 10.0. The summed E-state index contributed by atoms with van der Waals surface area (Å²) in [6.45, 7) is 0.755. The highest BCUT2D eigenvalue weighted by Gasteiger charge is 2.10. The zero-order valence-electron chi connectivity index (χ0n) is 7.56. The van der Waals surface area contributed by atoms with Crippen molar-refractivity contribution in [3.8, 4) is 0 Å². The van der Waals surface area contributed by atoms with Crippen LogP contribution in [0.1, 0.15) is 10.6 Å². The number of methoxy groups -OCH3 is 1. The highest BCUT2D eigenvalue weighted by Crippen LogP contribution is 1.96. The largest absolute Gasteiger partial charge is 0.463 e. The first-order chi connectivity index (χ1) is 6.27. The van der Waals surface area contributed by atoms with Gasteiger partial charge in [-0.3, -0.25) is 4.68 Å². The van der Waals surface area contributed by atoms with Crippen LogP contribution in [0.2, 0.25) is 0 Å². The summed E-state index contributed by atoms with van der Waals surface area (Å²) < 4.78 is 6.10. The lowest BCUT2D eigenvalue weighted by atomic mass is 10.6. The van der Waals surface area contributed by atoms with Crippen LogP contribution >= 0.6 is 11.8 Å². The molecular formula is C7H11N3O2S. The number of carbonyl (C=O) groups is 1. The fourth-order valence-electron chi connectivity index (χ4n) is 0.772. The molecule has 1 aromatic rings. The van der Waals surface area contributed by atoms with Gasteiger partial charge < -0.3 is 4.74 Å². The van der Waals surface area contributed by atoms with Crippen molar-refractivity contribution in [3.63, 3.8) is 0 Å². The van der Waals surface area contributed by atoms with Crippen molar-refractivity contribution in [2.45, 2.75) is 6.54 Å². The summed E-state index contributed by atoms with van der Waals surface area (Å²) in [6.07, 6.45) is 3.54. The maximum absolute atomic E-state index is 10.9. The summed E-state index contributed by atoms with van der Waals surface area (Å²) in [5.41, 5.74) is 0. The summed E-state index contributed by atoms with van der Waals surface area (Å²) in [7, 11) is 1.31. The van der Waals surface area contributed by atoms with Crippen LogP contribution in [-0.2, 0) is 11.3 Å². The van der Waals surface area contributed by atoms with E-state index in [9.17, 15) is 4.79 Å². The van der Waals surface area contributed by atoms with Gasteiger partial charge in [0.05, 0.1) is 13.7 Å². The van der Waals surface area contributed by atoms with Gasteiger partial charge >= 0.3 is 5.97 Å². The summed E-state index contributed by atoms with van der Waals surface area (Å²) >= 11 is 1.72. The standard InChI is InChI=1S/C7H11N3O2S/c1-12-7(11)6-8-5-10(9-6)3-4-13-2/h5H,3-4H2,1-2H3. The maximum Gasteiger partial charge on any atom is 0.377 e. The summed E-state index contributed by atoms with van der Waals surface area (Å²) in [4.78, 5) is 14.7. The molecule has 0 aliphatic heterocycles. The van der Waals surface area contributed by atoms with E-state index >= 15 is 0 Å². The van der Waals surface area contributed by atoms with Crippen LogP contribution in [0.3, 0.4) is 0 Å². The lowest BCUT2D eigenvalue weighted by Crippen LogP contribution is -2.06. The summed E-state index contributed by atoms with van der Waals surface area (Å²) in [5.74, 6) is 0.566. The number of rotatable bonds is 4. The van der Waals surface area contributed by atoms with E-state index in [1.54, 1.807) is 16.4 Å². The number of aryl methyl sites for hydroxylation is 1. The smallest absolute Gasteiger partial charge is 0.377 e. The van der Waals surface area contributed by atoms with E-state index in [0.29, 0.717) is 0 Å². The molecule has 0 aromatic carbocycles.